The van der Waals surface area contributed by atoms with Gasteiger partial charge in [0.15, 0.2) is 15.7 Å². The predicted octanol–water partition coefficient (Wildman–Crippen LogP) is 0.515. The maximum atomic E-state index is 11.6. The minimum Gasteiger partial charge on any atom is -0.409 e. The number of nitrogens with zero attached hydrogens (tertiary/aromatic N) is 1. The molecule has 1 rings (SSSR count). The SMILES string of the molecule is Cc1ccc(S(=O)(=O)CC(N)=NO)cc1. The topological polar surface area (TPSA) is 92.8 Å². The highest BCUT2D eigenvalue weighted by Crippen LogP contribution is 2.11. The number of oxime groups is 1. The number of hydrogen-bond acceptors (Lipinski definition) is 4. The highest BCUT2D eigenvalue weighted by Gasteiger charge is 2.16. The lowest BCUT2D eigenvalue weighted by Crippen LogP contribution is -2.23. The quantitative estimate of drug-likeness (QED) is 0.341. The van der Waals surface area contributed by atoms with E-state index in [0.717, 1.165) is 5.56 Å². The standard InChI is InChI=1S/C9H12N2O3S/c1-7-2-4-8(5-3-7)15(13,14)6-9(10)11-12/h2-5,12H,6H2,1H3,(H2,10,11). The van der Waals surface area contributed by atoms with Crippen molar-refractivity contribution in [2.24, 2.45) is 10.9 Å². The van der Waals surface area contributed by atoms with Crippen molar-refractivity contribution in [1.82, 2.24) is 0 Å². The van der Waals surface area contributed by atoms with Crippen LogP contribution in [0.2, 0.25) is 0 Å². The summed E-state index contributed by atoms with van der Waals surface area (Å²) in [5, 5.41) is 10.9. The summed E-state index contributed by atoms with van der Waals surface area (Å²) in [6.45, 7) is 1.86. The molecular weight excluding hydrogens is 216 g/mol. The van der Waals surface area contributed by atoms with Gasteiger partial charge in [-0.05, 0) is 19.1 Å². The van der Waals surface area contributed by atoms with Crippen LogP contribution in [0.5, 0.6) is 0 Å². The molecule has 0 saturated carbocycles. The van der Waals surface area contributed by atoms with Crippen LogP contribution in [0.25, 0.3) is 0 Å². The Bertz CT molecular complexity index is 463. The predicted molar refractivity (Wildman–Crippen MR) is 56.6 cm³/mol. The van der Waals surface area contributed by atoms with E-state index in [1.807, 2.05) is 6.92 Å². The van der Waals surface area contributed by atoms with Crippen LogP contribution in [0.15, 0.2) is 34.3 Å². The third-order valence-electron chi connectivity index (χ3n) is 1.85. The van der Waals surface area contributed by atoms with Gasteiger partial charge in [-0.3, -0.25) is 0 Å². The lowest BCUT2D eigenvalue weighted by Gasteiger charge is -2.03. The second-order valence-electron chi connectivity index (χ2n) is 3.16. The Labute approximate surface area is 88.1 Å². The number of amidine groups is 1. The fourth-order valence-corrected chi connectivity index (χ4v) is 2.22. The molecule has 6 heteroatoms. The molecule has 3 N–H and O–H groups in total. The summed E-state index contributed by atoms with van der Waals surface area (Å²) in [5.74, 6) is -0.803. The van der Waals surface area contributed by atoms with Gasteiger partial charge in [0, 0.05) is 0 Å². The Hall–Kier alpha value is -1.56. The smallest absolute Gasteiger partial charge is 0.185 e. The van der Waals surface area contributed by atoms with Crippen molar-refractivity contribution in [3.8, 4) is 0 Å². The second kappa shape index (κ2) is 4.31. The van der Waals surface area contributed by atoms with Crippen LogP contribution in [0.3, 0.4) is 0 Å². The largest absolute Gasteiger partial charge is 0.409 e. The number of hydrogen-bond donors (Lipinski definition) is 2. The Balaban J connectivity index is 3.02. The van der Waals surface area contributed by atoms with Crippen LogP contribution in [0, 0.1) is 6.92 Å². The summed E-state index contributed by atoms with van der Waals surface area (Å²) in [6.07, 6.45) is 0. The molecule has 0 saturated heterocycles. The molecule has 0 spiro atoms. The zero-order valence-corrected chi connectivity index (χ0v) is 9.03. The summed E-state index contributed by atoms with van der Waals surface area (Å²) in [6, 6.07) is 6.38. The first-order valence-electron chi connectivity index (χ1n) is 4.21. The number of nitrogens with two attached hydrogens (primary N) is 1. The van der Waals surface area contributed by atoms with Gasteiger partial charge in [0.05, 0.1) is 4.90 Å². The molecule has 0 aliphatic carbocycles. The van der Waals surface area contributed by atoms with E-state index < -0.39 is 15.6 Å². The number of sulfone groups is 1. The maximum absolute atomic E-state index is 11.6. The van der Waals surface area contributed by atoms with Crippen LogP contribution in [0.4, 0.5) is 0 Å². The Morgan fingerprint density at radius 2 is 1.93 bits per heavy atom. The van der Waals surface area contributed by atoms with Crippen molar-refractivity contribution in [1.29, 1.82) is 0 Å². The van der Waals surface area contributed by atoms with Crippen LogP contribution in [-0.4, -0.2) is 25.2 Å². The van der Waals surface area contributed by atoms with Gasteiger partial charge >= 0.3 is 0 Å². The van der Waals surface area contributed by atoms with Gasteiger partial charge in [0.2, 0.25) is 0 Å². The highest BCUT2D eigenvalue weighted by molar-refractivity contribution is 7.92. The minimum atomic E-state index is -3.50. The van der Waals surface area contributed by atoms with Gasteiger partial charge in [-0.25, -0.2) is 8.42 Å². The molecule has 0 amide bonds. The molecule has 0 atom stereocenters. The molecule has 0 aliphatic heterocycles. The second-order valence-corrected chi connectivity index (χ2v) is 5.15. The first kappa shape index (κ1) is 11.5. The third-order valence-corrected chi connectivity index (χ3v) is 3.51. The molecule has 15 heavy (non-hydrogen) atoms. The zero-order valence-electron chi connectivity index (χ0n) is 8.21. The molecule has 1 aromatic rings. The van der Waals surface area contributed by atoms with Crippen molar-refractivity contribution in [2.75, 3.05) is 5.75 Å². The lowest BCUT2D eigenvalue weighted by atomic mass is 10.2. The average Bonchev–Trinajstić information content (AvgIpc) is 2.17. The molecule has 0 unspecified atom stereocenters. The van der Waals surface area contributed by atoms with E-state index in [1.54, 1.807) is 12.1 Å². The van der Waals surface area contributed by atoms with Gasteiger partial charge in [-0.15, -0.1) is 0 Å². The first-order valence-corrected chi connectivity index (χ1v) is 5.87. The number of aryl methyl sites for hydroxylation is 1. The maximum Gasteiger partial charge on any atom is 0.185 e. The summed E-state index contributed by atoms with van der Waals surface area (Å²) in [7, 11) is -3.50. The fraction of sp³-hybridized carbons (Fsp3) is 0.222. The lowest BCUT2D eigenvalue weighted by molar-refractivity contribution is 0.318. The van der Waals surface area contributed by atoms with E-state index in [-0.39, 0.29) is 10.7 Å². The Morgan fingerprint density at radius 3 is 2.40 bits per heavy atom. The highest BCUT2D eigenvalue weighted by atomic mass is 32.2. The zero-order chi connectivity index (χ0) is 11.5. The Kier molecular flexibility index (Phi) is 3.31. The van der Waals surface area contributed by atoms with Crippen molar-refractivity contribution < 1.29 is 13.6 Å². The molecular formula is C9H12N2O3S. The van der Waals surface area contributed by atoms with Crippen LogP contribution in [0.1, 0.15) is 5.56 Å². The van der Waals surface area contributed by atoms with Crippen molar-refractivity contribution in [3.63, 3.8) is 0 Å². The van der Waals surface area contributed by atoms with Crippen molar-refractivity contribution in [2.45, 2.75) is 11.8 Å². The molecule has 5 nitrogen and oxygen atoms in total. The molecule has 0 bridgehead atoms. The molecule has 0 fully saturated rings. The van der Waals surface area contributed by atoms with Crippen LogP contribution < -0.4 is 5.73 Å². The molecule has 0 aliphatic rings. The van der Waals surface area contributed by atoms with E-state index in [9.17, 15) is 8.42 Å². The van der Waals surface area contributed by atoms with Crippen molar-refractivity contribution >= 4 is 15.7 Å². The van der Waals surface area contributed by atoms with E-state index >= 15 is 0 Å². The summed E-state index contributed by atoms with van der Waals surface area (Å²) >= 11 is 0. The molecule has 0 radical (unpaired) electrons. The minimum absolute atomic E-state index is 0.166. The Morgan fingerprint density at radius 1 is 1.40 bits per heavy atom. The summed E-state index contributed by atoms with van der Waals surface area (Å²) in [5.41, 5.74) is 6.12. The number of benzene rings is 1. The number of rotatable bonds is 3. The molecule has 0 aromatic heterocycles. The van der Waals surface area contributed by atoms with E-state index in [2.05, 4.69) is 5.16 Å². The van der Waals surface area contributed by atoms with Gasteiger partial charge < -0.3 is 10.9 Å². The summed E-state index contributed by atoms with van der Waals surface area (Å²) in [4.78, 5) is 0.166. The molecule has 82 valence electrons. The van der Waals surface area contributed by atoms with E-state index in [4.69, 9.17) is 10.9 Å². The van der Waals surface area contributed by atoms with Gasteiger partial charge in [-0.1, -0.05) is 22.9 Å². The average molecular weight is 228 g/mol. The summed E-state index contributed by atoms with van der Waals surface area (Å²) < 4.78 is 23.3. The first-order chi connectivity index (χ1) is 6.95. The van der Waals surface area contributed by atoms with E-state index in [1.165, 1.54) is 12.1 Å². The van der Waals surface area contributed by atoms with Gasteiger partial charge in [0.25, 0.3) is 0 Å². The van der Waals surface area contributed by atoms with Crippen LogP contribution >= 0.6 is 0 Å². The van der Waals surface area contributed by atoms with Crippen LogP contribution in [-0.2, 0) is 9.84 Å². The molecule has 1 aromatic carbocycles. The van der Waals surface area contributed by atoms with Gasteiger partial charge in [-0.2, -0.15) is 0 Å². The van der Waals surface area contributed by atoms with Gasteiger partial charge in [0.1, 0.15) is 5.75 Å². The fourth-order valence-electron chi connectivity index (χ4n) is 1.05. The third kappa shape index (κ3) is 2.95. The molecule has 0 heterocycles. The normalized spacial score (nSPS) is 12.7. The van der Waals surface area contributed by atoms with E-state index in [0.29, 0.717) is 0 Å². The van der Waals surface area contributed by atoms with Crippen molar-refractivity contribution in [3.05, 3.63) is 29.8 Å². The monoisotopic (exact) mass is 228 g/mol.